The molecule has 0 unspecified atom stereocenters. The van der Waals surface area contributed by atoms with Crippen molar-refractivity contribution < 1.29 is 0 Å². The van der Waals surface area contributed by atoms with Crippen LogP contribution in [0.4, 0.5) is 0 Å². The number of fused-ring (bicyclic) bond motifs is 6. The van der Waals surface area contributed by atoms with E-state index in [4.69, 9.17) is 0 Å². The minimum Gasteiger partial charge on any atom is -0.309 e. The molecular formula is C43H39N3Si2. The van der Waals surface area contributed by atoms with Crippen LogP contribution in [0.15, 0.2) is 127 Å². The second-order valence-corrected chi connectivity index (χ2v) is 25.3. The molecule has 0 saturated carbocycles. The van der Waals surface area contributed by atoms with Gasteiger partial charge in [-0.15, -0.1) is 0 Å². The molecule has 5 heteroatoms. The predicted octanol–water partition coefficient (Wildman–Crippen LogP) is 10.5. The Bertz CT molecular complexity index is 2600. The minimum absolute atomic E-state index is 0.647. The molecule has 6 aromatic carbocycles. The van der Waals surface area contributed by atoms with Gasteiger partial charge < -0.3 is 9.13 Å². The van der Waals surface area contributed by atoms with Crippen LogP contribution >= 0.6 is 0 Å². The number of aromatic nitrogens is 2. The zero-order valence-corrected chi connectivity index (χ0v) is 30.5. The highest BCUT2D eigenvalue weighted by molar-refractivity contribution is 6.89. The summed E-state index contributed by atoms with van der Waals surface area (Å²) in [6, 6.07) is 48.9. The van der Waals surface area contributed by atoms with Gasteiger partial charge in [-0.1, -0.05) is 122 Å². The van der Waals surface area contributed by atoms with E-state index >= 15 is 0 Å². The van der Waals surface area contributed by atoms with Crippen molar-refractivity contribution in [2.24, 2.45) is 0 Å². The number of hydrogen-bond acceptors (Lipinski definition) is 1. The number of hydrogen-bond donors (Lipinski definition) is 0. The van der Waals surface area contributed by atoms with E-state index in [1.807, 2.05) is 12.1 Å². The predicted molar refractivity (Wildman–Crippen MR) is 211 cm³/mol. The van der Waals surface area contributed by atoms with Gasteiger partial charge in [-0.2, -0.15) is 5.26 Å². The van der Waals surface area contributed by atoms with Gasteiger partial charge in [-0.3, -0.25) is 0 Å². The van der Waals surface area contributed by atoms with Crippen molar-refractivity contribution in [3.05, 3.63) is 133 Å². The standard InChI is InChI=1S/C43H39N3Si2/c1-47(2,3)34-18-20-42-38(26-34)36-14-7-9-16-40(36)45(42)32-13-11-12-30(24-32)31-22-29(28-44)23-33(25-31)46-41-17-10-8-15-37(41)39-27-35(48(4,5)6)19-21-43(39)46/h7-27H,1-6H3. The van der Waals surface area contributed by atoms with Crippen molar-refractivity contribution >= 4 is 70.1 Å². The molecule has 0 radical (unpaired) electrons. The van der Waals surface area contributed by atoms with E-state index in [-0.39, 0.29) is 0 Å². The summed E-state index contributed by atoms with van der Waals surface area (Å²) in [5, 5.41) is 18.2. The van der Waals surface area contributed by atoms with Crippen LogP contribution in [0, 0.1) is 11.3 Å². The summed E-state index contributed by atoms with van der Waals surface area (Å²) in [5.74, 6) is 0. The normalized spacial score (nSPS) is 12.4. The molecule has 0 aliphatic heterocycles. The molecule has 0 N–H and O–H groups in total. The van der Waals surface area contributed by atoms with Gasteiger partial charge in [0.05, 0.1) is 49.8 Å². The van der Waals surface area contributed by atoms with Gasteiger partial charge in [-0.05, 0) is 65.7 Å². The molecule has 0 aliphatic rings. The molecule has 0 atom stereocenters. The first-order valence-electron chi connectivity index (χ1n) is 16.7. The van der Waals surface area contributed by atoms with Gasteiger partial charge in [0, 0.05) is 32.9 Å². The highest BCUT2D eigenvalue weighted by atomic mass is 28.3. The zero-order valence-electron chi connectivity index (χ0n) is 28.5. The summed E-state index contributed by atoms with van der Waals surface area (Å²) in [7, 11) is -2.98. The van der Waals surface area contributed by atoms with Crippen LogP contribution in [-0.2, 0) is 0 Å². The van der Waals surface area contributed by atoms with Crippen LogP contribution in [0.1, 0.15) is 5.56 Å². The number of nitriles is 1. The lowest BCUT2D eigenvalue weighted by Gasteiger charge is -2.17. The first kappa shape index (κ1) is 30.2. The molecule has 0 saturated heterocycles. The third-order valence-corrected chi connectivity index (χ3v) is 13.9. The minimum atomic E-state index is -1.50. The van der Waals surface area contributed by atoms with Crippen molar-refractivity contribution in [1.29, 1.82) is 5.26 Å². The van der Waals surface area contributed by atoms with E-state index in [0.717, 1.165) is 33.5 Å². The van der Waals surface area contributed by atoms with Crippen molar-refractivity contribution in [2.75, 3.05) is 0 Å². The molecule has 8 aromatic rings. The highest BCUT2D eigenvalue weighted by Crippen LogP contribution is 2.36. The lowest BCUT2D eigenvalue weighted by molar-refractivity contribution is 1.17. The summed E-state index contributed by atoms with van der Waals surface area (Å²) in [4.78, 5) is 0. The molecule has 3 nitrogen and oxygen atoms in total. The van der Waals surface area contributed by atoms with E-state index in [1.54, 1.807) is 0 Å². The number of rotatable bonds is 5. The highest BCUT2D eigenvalue weighted by Gasteiger charge is 2.21. The Balaban J connectivity index is 1.32. The Kier molecular flexibility index (Phi) is 6.89. The second-order valence-electron chi connectivity index (χ2n) is 15.1. The molecule has 0 spiro atoms. The summed E-state index contributed by atoms with van der Waals surface area (Å²) in [6.07, 6.45) is 0. The topological polar surface area (TPSA) is 33.6 Å². The van der Waals surface area contributed by atoms with Gasteiger partial charge in [0.15, 0.2) is 0 Å². The van der Waals surface area contributed by atoms with E-state index in [2.05, 4.69) is 170 Å². The van der Waals surface area contributed by atoms with Gasteiger partial charge in [0.25, 0.3) is 0 Å². The lowest BCUT2D eigenvalue weighted by Crippen LogP contribution is -2.37. The Morgan fingerprint density at radius 2 is 0.938 bits per heavy atom. The molecule has 2 heterocycles. The second kappa shape index (κ2) is 10.9. The van der Waals surface area contributed by atoms with Crippen molar-refractivity contribution in [1.82, 2.24) is 9.13 Å². The lowest BCUT2D eigenvalue weighted by atomic mass is 10.0. The maximum Gasteiger partial charge on any atom is 0.0992 e. The van der Waals surface area contributed by atoms with E-state index in [0.29, 0.717) is 5.56 Å². The summed E-state index contributed by atoms with van der Waals surface area (Å²) >= 11 is 0. The fraction of sp³-hybridized carbons (Fsp3) is 0.140. The molecular weight excluding hydrogens is 615 g/mol. The fourth-order valence-electron chi connectivity index (χ4n) is 7.23. The van der Waals surface area contributed by atoms with Gasteiger partial charge in [-0.25, -0.2) is 0 Å². The van der Waals surface area contributed by atoms with Crippen LogP contribution in [0.25, 0.3) is 66.1 Å². The maximum absolute atomic E-state index is 10.2. The number of benzene rings is 6. The quantitative estimate of drug-likeness (QED) is 0.170. The Labute approximate surface area is 284 Å². The van der Waals surface area contributed by atoms with Gasteiger partial charge in [0.1, 0.15) is 0 Å². The van der Waals surface area contributed by atoms with Crippen molar-refractivity contribution in [3.8, 4) is 28.6 Å². The van der Waals surface area contributed by atoms with E-state index in [1.165, 1.54) is 43.0 Å². The van der Waals surface area contributed by atoms with Gasteiger partial charge in [0.2, 0.25) is 0 Å². The first-order valence-corrected chi connectivity index (χ1v) is 23.7. The molecule has 0 fully saturated rings. The number of nitrogens with zero attached hydrogens (tertiary/aromatic N) is 3. The molecule has 234 valence electrons. The number of para-hydroxylation sites is 2. The third-order valence-electron chi connectivity index (χ3n) is 9.82. The molecule has 48 heavy (non-hydrogen) atoms. The monoisotopic (exact) mass is 653 g/mol. The molecule has 0 amide bonds. The Morgan fingerprint density at radius 1 is 0.438 bits per heavy atom. The average Bonchev–Trinajstić information content (AvgIpc) is 3.59. The smallest absolute Gasteiger partial charge is 0.0992 e. The molecule has 0 aliphatic carbocycles. The van der Waals surface area contributed by atoms with Crippen molar-refractivity contribution in [2.45, 2.75) is 39.3 Å². The molecule has 0 bridgehead atoms. The molecule has 8 rings (SSSR count). The Morgan fingerprint density at radius 3 is 1.48 bits per heavy atom. The molecule has 2 aromatic heterocycles. The Hall–Kier alpha value is -5.16. The fourth-order valence-corrected chi connectivity index (χ4v) is 9.55. The van der Waals surface area contributed by atoms with Crippen LogP contribution in [-0.4, -0.2) is 25.3 Å². The van der Waals surface area contributed by atoms with Crippen LogP contribution in [0.2, 0.25) is 39.3 Å². The first-order chi connectivity index (χ1) is 23.0. The van der Waals surface area contributed by atoms with E-state index in [9.17, 15) is 5.26 Å². The average molecular weight is 654 g/mol. The summed E-state index contributed by atoms with van der Waals surface area (Å²) in [5.41, 5.74) is 9.59. The largest absolute Gasteiger partial charge is 0.309 e. The zero-order chi connectivity index (χ0) is 33.4. The van der Waals surface area contributed by atoms with Crippen LogP contribution < -0.4 is 10.4 Å². The maximum atomic E-state index is 10.2. The van der Waals surface area contributed by atoms with E-state index < -0.39 is 16.1 Å². The summed E-state index contributed by atoms with van der Waals surface area (Å²) < 4.78 is 4.72. The SMILES string of the molecule is C[Si](C)(C)c1ccc2c(c1)c1ccccc1n2-c1cccc(-c2cc(C#N)cc(-n3c4ccccc4c4cc([Si](C)(C)C)ccc43)c2)c1. The van der Waals surface area contributed by atoms with Crippen LogP contribution in [0.5, 0.6) is 0 Å². The van der Waals surface area contributed by atoms with Crippen molar-refractivity contribution in [3.63, 3.8) is 0 Å². The third kappa shape index (κ3) is 4.92. The summed E-state index contributed by atoms with van der Waals surface area (Å²) in [6.45, 7) is 14.4. The van der Waals surface area contributed by atoms with Gasteiger partial charge >= 0.3 is 0 Å². The van der Waals surface area contributed by atoms with Crippen LogP contribution in [0.3, 0.4) is 0 Å².